The Bertz CT molecular complexity index is 640. The van der Waals surface area contributed by atoms with Crippen LogP contribution in [-0.4, -0.2) is 36.6 Å². The number of esters is 1. The van der Waals surface area contributed by atoms with Crippen molar-refractivity contribution in [2.45, 2.75) is 32.6 Å². The third-order valence-electron chi connectivity index (χ3n) is 3.43. The first-order valence-corrected chi connectivity index (χ1v) is 7.21. The van der Waals surface area contributed by atoms with Gasteiger partial charge in [-0.2, -0.15) is 0 Å². The van der Waals surface area contributed by atoms with Crippen LogP contribution in [0.3, 0.4) is 0 Å². The van der Waals surface area contributed by atoms with Crippen LogP contribution >= 0.6 is 0 Å². The van der Waals surface area contributed by atoms with Crippen LogP contribution in [0.5, 0.6) is 5.75 Å². The van der Waals surface area contributed by atoms with Crippen LogP contribution < -0.4 is 9.97 Å². The number of benzene rings is 1. The van der Waals surface area contributed by atoms with Crippen LogP contribution in [0, 0.1) is 11.6 Å². The summed E-state index contributed by atoms with van der Waals surface area (Å²) in [4.78, 5) is 23.3. The molecule has 0 bridgehead atoms. The molecule has 0 radical (unpaired) electrons. The number of ether oxygens (including phenoxy) is 1. The van der Waals surface area contributed by atoms with E-state index < -0.39 is 30.7 Å². The highest BCUT2D eigenvalue weighted by Crippen LogP contribution is 2.34. The van der Waals surface area contributed by atoms with Crippen LogP contribution in [0.15, 0.2) is 6.07 Å². The Labute approximate surface area is 131 Å². The average molecular weight is 327 g/mol. The van der Waals surface area contributed by atoms with E-state index in [0.29, 0.717) is 6.07 Å². The molecule has 1 atom stereocenters. The fourth-order valence-corrected chi connectivity index (χ4v) is 2.29. The van der Waals surface area contributed by atoms with Crippen molar-refractivity contribution in [3.63, 3.8) is 0 Å². The molecule has 124 valence electrons. The molecule has 6 nitrogen and oxygen atoms in total. The lowest BCUT2D eigenvalue weighted by Gasteiger charge is -2.29. The molecule has 1 amide bonds. The Kier molecular flexibility index (Phi) is 5.20. The number of hydrogen-bond donors (Lipinski definition) is 2. The highest BCUT2D eigenvalue weighted by molar-refractivity contribution is 6.47. The average Bonchev–Trinajstić information content (AvgIpc) is 2.52. The van der Waals surface area contributed by atoms with Crippen molar-refractivity contribution < 1.29 is 32.8 Å². The summed E-state index contributed by atoms with van der Waals surface area (Å²) < 4.78 is 37.7. The highest BCUT2D eigenvalue weighted by atomic mass is 19.2. The fraction of sp³-hybridized carbons (Fsp3) is 0.429. The first-order valence-electron chi connectivity index (χ1n) is 7.21. The monoisotopic (exact) mass is 327 g/mol. The second kappa shape index (κ2) is 6.95. The van der Waals surface area contributed by atoms with Crippen molar-refractivity contribution in [3.05, 3.63) is 28.8 Å². The minimum absolute atomic E-state index is 0.0460. The van der Waals surface area contributed by atoms with Crippen molar-refractivity contribution in [1.29, 1.82) is 0 Å². The minimum Gasteiger partial charge on any atom is -0.534 e. The third-order valence-corrected chi connectivity index (χ3v) is 3.43. The molecular formula is C14H16BF2NO5. The summed E-state index contributed by atoms with van der Waals surface area (Å²) in [7, 11) is -1.49. The van der Waals surface area contributed by atoms with Gasteiger partial charge in [-0.3, -0.25) is 4.79 Å². The quantitative estimate of drug-likeness (QED) is 0.636. The molecule has 2 rings (SSSR count). The molecule has 0 fully saturated rings. The molecule has 0 aliphatic carbocycles. The summed E-state index contributed by atoms with van der Waals surface area (Å²) in [6.07, 6.45) is -0.0476. The number of carbonyl (C=O) groups is 2. The molecule has 1 aromatic rings. The van der Waals surface area contributed by atoms with Crippen molar-refractivity contribution >= 4 is 19.0 Å². The first kappa shape index (κ1) is 17.2. The molecule has 1 aromatic carbocycles. The third kappa shape index (κ3) is 3.44. The van der Waals surface area contributed by atoms with Gasteiger partial charge in [0.15, 0.2) is 11.6 Å². The van der Waals surface area contributed by atoms with Crippen molar-refractivity contribution in [2.24, 2.45) is 0 Å². The van der Waals surface area contributed by atoms with Crippen LogP contribution in [0.25, 0.3) is 0 Å². The Morgan fingerprint density at radius 2 is 2.17 bits per heavy atom. The Morgan fingerprint density at radius 3 is 2.78 bits per heavy atom. The van der Waals surface area contributed by atoms with Gasteiger partial charge >= 0.3 is 13.1 Å². The van der Waals surface area contributed by atoms with Crippen molar-refractivity contribution in [3.8, 4) is 5.75 Å². The molecule has 0 spiro atoms. The van der Waals surface area contributed by atoms with Gasteiger partial charge in [0.2, 0.25) is 5.91 Å². The summed E-state index contributed by atoms with van der Waals surface area (Å²) in [5.74, 6) is -4.88. The summed E-state index contributed by atoms with van der Waals surface area (Å²) in [6, 6.07) is 0.670. The first-order chi connectivity index (χ1) is 10.9. The molecule has 9 heteroatoms. The van der Waals surface area contributed by atoms with Crippen LogP contribution in [0.1, 0.15) is 36.2 Å². The summed E-state index contributed by atoms with van der Waals surface area (Å²) in [5, 5.41) is 12.4. The van der Waals surface area contributed by atoms with E-state index in [2.05, 4.69) is 5.32 Å². The van der Waals surface area contributed by atoms with Gasteiger partial charge in [-0.15, -0.1) is 0 Å². The van der Waals surface area contributed by atoms with E-state index in [1.165, 1.54) is 0 Å². The van der Waals surface area contributed by atoms with E-state index in [-0.39, 0.29) is 42.2 Å². The van der Waals surface area contributed by atoms with Gasteiger partial charge in [0.25, 0.3) is 0 Å². The standard InChI is InChI=1S/C14H16BF2NO5/c1-3-11(19)18-10-6-7-12(17)9(16)5-8(14(20)22-4-2)13(7)23-15(10)21/h5,10,21H,3-4,6H2,1-2H3,(H,18,19)/t10-/m0/s1. The summed E-state index contributed by atoms with van der Waals surface area (Å²) in [6.45, 7) is 3.22. The van der Waals surface area contributed by atoms with E-state index in [1.54, 1.807) is 13.8 Å². The number of nitrogens with one attached hydrogen (secondary N) is 1. The van der Waals surface area contributed by atoms with E-state index >= 15 is 0 Å². The molecule has 1 heterocycles. The zero-order valence-corrected chi connectivity index (χ0v) is 12.7. The van der Waals surface area contributed by atoms with E-state index in [1.807, 2.05) is 0 Å². The fourth-order valence-electron chi connectivity index (χ4n) is 2.29. The zero-order valence-electron chi connectivity index (χ0n) is 12.7. The lowest BCUT2D eigenvalue weighted by Crippen LogP contribution is -2.53. The van der Waals surface area contributed by atoms with Crippen LogP contribution in [0.2, 0.25) is 0 Å². The number of carbonyl (C=O) groups excluding carboxylic acids is 2. The second-order valence-corrected chi connectivity index (χ2v) is 4.99. The summed E-state index contributed by atoms with van der Waals surface area (Å²) in [5.41, 5.74) is -0.528. The van der Waals surface area contributed by atoms with E-state index in [4.69, 9.17) is 9.39 Å². The maximum absolute atomic E-state index is 14.0. The minimum atomic E-state index is -1.49. The molecule has 0 unspecified atom stereocenters. The predicted octanol–water partition coefficient (Wildman–Crippen LogP) is 0.991. The molecule has 0 aromatic heterocycles. The number of rotatable bonds is 4. The number of hydrogen-bond acceptors (Lipinski definition) is 5. The molecule has 1 aliphatic rings. The van der Waals surface area contributed by atoms with Gasteiger partial charge in [-0.05, 0) is 19.4 Å². The molecular weight excluding hydrogens is 311 g/mol. The van der Waals surface area contributed by atoms with Gasteiger partial charge in [-0.25, -0.2) is 13.6 Å². The molecule has 2 N–H and O–H groups in total. The summed E-state index contributed by atoms with van der Waals surface area (Å²) >= 11 is 0. The Morgan fingerprint density at radius 1 is 1.48 bits per heavy atom. The Hall–Kier alpha value is -2.16. The molecule has 0 saturated carbocycles. The topological polar surface area (TPSA) is 84.9 Å². The molecule has 0 saturated heterocycles. The zero-order chi connectivity index (χ0) is 17.1. The lowest BCUT2D eigenvalue weighted by atomic mass is 9.72. The smallest absolute Gasteiger partial charge is 0.534 e. The highest BCUT2D eigenvalue weighted by Gasteiger charge is 2.40. The van der Waals surface area contributed by atoms with Gasteiger partial charge in [0.1, 0.15) is 11.3 Å². The van der Waals surface area contributed by atoms with Gasteiger partial charge in [-0.1, -0.05) is 6.92 Å². The second-order valence-electron chi connectivity index (χ2n) is 4.99. The SMILES string of the molecule is CCOC(=O)c1cc(F)c(F)c2c1OB(O)[C@@H](NC(=O)CC)C2. The maximum atomic E-state index is 14.0. The van der Waals surface area contributed by atoms with Gasteiger partial charge in [0.05, 0.1) is 12.5 Å². The molecule has 23 heavy (non-hydrogen) atoms. The lowest BCUT2D eigenvalue weighted by molar-refractivity contribution is -0.121. The largest absolute Gasteiger partial charge is 0.547 e. The van der Waals surface area contributed by atoms with E-state index in [0.717, 1.165) is 0 Å². The number of fused-ring (bicyclic) bond motifs is 1. The molecule has 1 aliphatic heterocycles. The predicted molar refractivity (Wildman–Crippen MR) is 76.8 cm³/mol. The van der Waals surface area contributed by atoms with Gasteiger partial charge < -0.3 is 19.7 Å². The normalized spacial score (nSPS) is 16.4. The maximum Gasteiger partial charge on any atom is 0.547 e. The van der Waals surface area contributed by atoms with Crippen LogP contribution in [0.4, 0.5) is 8.78 Å². The number of halogens is 2. The van der Waals surface area contributed by atoms with Crippen molar-refractivity contribution in [2.75, 3.05) is 6.61 Å². The van der Waals surface area contributed by atoms with E-state index in [9.17, 15) is 23.4 Å². The van der Waals surface area contributed by atoms with Crippen LogP contribution in [-0.2, 0) is 16.0 Å². The van der Waals surface area contributed by atoms with Crippen molar-refractivity contribution in [1.82, 2.24) is 5.32 Å². The number of amides is 1. The Balaban J connectivity index is 2.42. The van der Waals surface area contributed by atoms with Gasteiger partial charge in [0, 0.05) is 12.0 Å².